The molecule has 0 bridgehead atoms. The standard InChI is InChI=1S/C13H18ClO5P/c1-4-18-20(16,19-5-2)12(13(15)17-3)10-7-6-8-11(14)9-10/h6-9,12H,4-5H2,1-3H3. The molecule has 112 valence electrons. The molecule has 0 amide bonds. The summed E-state index contributed by atoms with van der Waals surface area (Å²) in [5.41, 5.74) is -0.708. The van der Waals surface area contributed by atoms with Crippen LogP contribution in [0, 0.1) is 0 Å². The maximum atomic E-state index is 12.8. The van der Waals surface area contributed by atoms with Gasteiger partial charge in [0, 0.05) is 5.02 Å². The van der Waals surface area contributed by atoms with Crippen LogP contribution in [0.5, 0.6) is 0 Å². The minimum Gasteiger partial charge on any atom is -0.468 e. The number of halogens is 1. The summed E-state index contributed by atoms with van der Waals surface area (Å²) in [6.45, 7) is 3.67. The van der Waals surface area contributed by atoms with E-state index in [4.69, 9.17) is 25.4 Å². The lowest BCUT2D eigenvalue weighted by atomic mass is 10.1. The lowest BCUT2D eigenvalue weighted by Crippen LogP contribution is -2.17. The Morgan fingerprint density at radius 3 is 2.35 bits per heavy atom. The zero-order valence-corrected chi connectivity index (χ0v) is 13.3. The van der Waals surface area contributed by atoms with Crippen molar-refractivity contribution in [2.24, 2.45) is 0 Å². The molecule has 20 heavy (non-hydrogen) atoms. The summed E-state index contributed by atoms with van der Waals surface area (Å²) in [4.78, 5) is 12.0. The summed E-state index contributed by atoms with van der Waals surface area (Å²) >= 11 is 5.92. The Kier molecular flexibility index (Phi) is 6.69. The van der Waals surface area contributed by atoms with Gasteiger partial charge in [-0.1, -0.05) is 23.7 Å². The van der Waals surface area contributed by atoms with Crippen molar-refractivity contribution >= 4 is 25.2 Å². The fourth-order valence-corrected chi connectivity index (χ4v) is 3.96. The SMILES string of the molecule is CCOP(=O)(OCC)C(C(=O)OC)c1cccc(Cl)c1. The smallest absolute Gasteiger partial charge is 0.349 e. The Morgan fingerprint density at radius 2 is 1.90 bits per heavy atom. The molecule has 1 atom stereocenters. The summed E-state index contributed by atoms with van der Waals surface area (Å²) in [6.07, 6.45) is 0. The molecule has 1 rings (SSSR count). The molecule has 0 spiro atoms. The molecule has 1 unspecified atom stereocenters. The van der Waals surface area contributed by atoms with E-state index >= 15 is 0 Å². The molecule has 7 heteroatoms. The van der Waals surface area contributed by atoms with E-state index in [9.17, 15) is 9.36 Å². The summed E-state index contributed by atoms with van der Waals surface area (Å²) in [5.74, 6) is -0.683. The minimum atomic E-state index is -3.68. The molecule has 0 aliphatic rings. The monoisotopic (exact) mass is 320 g/mol. The number of esters is 1. The third-order valence-electron chi connectivity index (χ3n) is 2.52. The summed E-state index contributed by atoms with van der Waals surface area (Å²) in [5, 5.41) is 0.427. The number of benzene rings is 1. The van der Waals surface area contributed by atoms with Crippen molar-refractivity contribution in [3.63, 3.8) is 0 Å². The largest absolute Gasteiger partial charge is 0.468 e. The van der Waals surface area contributed by atoms with Gasteiger partial charge in [0.25, 0.3) is 0 Å². The number of carbonyl (C=O) groups excluding carboxylic acids is 1. The van der Waals surface area contributed by atoms with Crippen LogP contribution in [-0.2, 0) is 23.1 Å². The Hall–Kier alpha value is -0.870. The third kappa shape index (κ3) is 4.06. The van der Waals surface area contributed by atoms with Crippen LogP contribution in [0.3, 0.4) is 0 Å². The molecule has 0 radical (unpaired) electrons. The molecule has 0 N–H and O–H groups in total. The fraction of sp³-hybridized carbons (Fsp3) is 0.462. The first-order valence-electron chi connectivity index (χ1n) is 6.20. The quantitative estimate of drug-likeness (QED) is 0.564. The third-order valence-corrected chi connectivity index (χ3v) is 5.14. The van der Waals surface area contributed by atoms with Crippen LogP contribution in [0.25, 0.3) is 0 Å². The van der Waals surface area contributed by atoms with Crippen LogP contribution in [0.4, 0.5) is 0 Å². The number of ether oxygens (including phenoxy) is 1. The van der Waals surface area contributed by atoms with Gasteiger partial charge in [-0.3, -0.25) is 9.36 Å². The summed E-state index contributed by atoms with van der Waals surface area (Å²) < 4.78 is 28.0. The molecular formula is C13H18ClO5P. The van der Waals surface area contributed by atoms with E-state index in [1.54, 1.807) is 38.1 Å². The second-order valence-electron chi connectivity index (χ2n) is 3.86. The fourth-order valence-electron chi connectivity index (χ4n) is 1.78. The molecule has 0 aliphatic heterocycles. The van der Waals surface area contributed by atoms with Gasteiger partial charge in [0.1, 0.15) is 0 Å². The van der Waals surface area contributed by atoms with E-state index < -0.39 is 19.2 Å². The number of hydrogen-bond donors (Lipinski definition) is 0. The zero-order chi connectivity index (χ0) is 15.2. The minimum absolute atomic E-state index is 0.158. The average Bonchev–Trinajstić information content (AvgIpc) is 2.39. The van der Waals surface area contributed by atoms with Crippen molar-refractivity contribution in [3.8, 4) is 0 Å². The number of carbonyl (C=O) groups is 1. The van der Waals surface area contributed by atoms with Crippen molar-refractivity contribution in [2.45, 2.75) is 19.5 Å². The first-order valence-corrected chi connectivity index (χ1v) is 8.19. The van der Waals surface area contributed by atoms with Crippen molar-refractivity contribution in [3.05, 3.63) is 34.9 Å². The Morgan fingerprint density at radius 1 is 1.30 bits per heavy atom. The van der Waals surface area contributed by atoms with Gasteiger partial charge >= 0.3 is 13.6 Å². The van der Waals surface area contributed by atoms with Crippen LogP contribution in [0.2, 0.25) is 5.02 Å². The molecule has 0 heterocycles. The van der Waals surface area contributed by atoms with Crippen molar-refractivity contribution < 1.29 is 23.1 Å². The van der Waals surface area contributed by atoms with Gasteiger partial charge < -0.3 is 13.8 Å². The van der Waals surface area contributed by atoms with Gasteiger partial charge in [0.15, 0.2) is 5.66 Å². The predicted octanol–water partition coefficient (Wildman–Crippen LogP) is 3.82. The van der Waals surface area contributed by atoms with E-state index in [0.717, 1.165) is 0 Å². The van der Waals surface area contributed by atoms with Crippen molar-refractivity contribution in [2.75, 3.05) is 20.3 Å². The molecule has 0 saturated heterocycles. The van der Waals surface area contributed by atoms with Crippen LogP contribution < -0.4 is 0 Å². The molecule has 0 aromatic heterocycles. The van der Waals surface area contributed by atoms with E-state index in [1.807, 2.05) is 0 Å². The van der Waals surface area contributed by atoms with Crippen LogP contribution in [0.1, 0.15) is 25.1 Å². The van der Waals surface area contributed by atoms with Crippen molar-refractivity contribution in [1.29, 1.82) is 0 Å². The molecule has 1 aromatic rings. The lowest BCUT2D eigenvalue weighted by Gasteiger charge is -2.24. The molecule has 1 aromatic carbocycles. The first kappa shape index (κ1) is 17.2. The van der Waals surface area contributed by atoms with Crippen LogP contribution >= 0.6 is 19.2 Å². The van der Waals surface area contributed by atoms with Crippen LogP contribution in [0.15, 0.2) is 24.3 Å². The van der Waals surface area contributed by atoms with Crippen LogP contribution in [-0.4, -0.2) is 26.3 Å². The topological polar surface area (TPSA) is 61.8 Å². The predicted molar refractivity (Wildman–Crippen MR) is 77.1 cm³/mol. The average molecular weight is 321 g/mol. The van der Waals surface area contributed by atoms with Gasteiger partial charge in [-0.05, 0) is 31.5 Å². The summed E-state index contributed by atoms with van der Waals surface area (Å²) in [7, 11) is -2.45. The van der Waals surface area contributed by atoms with E-state index in [-0.39, 0.29) is 13.2 Å². The lowest BCUT2D eigenvalue weighted by molar-refractivity contribution is -0.140. The number of rotatable bonds is 7. The highest BCUT2D eigenvalue weighted by atomic mass is 35.5. The Bertz CT molecular complexity index is 495. The van der Waals surface area contributed by atoms with Gasteiger partial charge in [0.2, 0.25) is 0 Å². The molecule has 0 aliphatic carbocycles. The maximum absolute atomic E-state index is 12.8. The Balaban J connectivity index is 3.30. The van der Waals surface area contributed by atoms with E-state index in [2.05, 4.69) is 0 Å². The Labute approximate surface area is 123 Å². The van der Waals surface area contributed by atoms with Gasteiger partial charge in [-0.15, -0.1) is 0 Å². The normalized spacial score (nSPS) is 13.0. The number of hydrogen-bond acceptors (Lipinski definition) is 5. The van der Waals surface area contributed by atoms with Gasteiger partial charge in [-0.25, -0.2) is 0 Å². The highest BCUT2D eigenvalue weighted by molar-refractivity contribution is 7.55. The summed E-state index contributed by atoms with van der Waals surface area (Å²) in [6, 6.07) is 6.51. The van der Waals surface area contributed by atoms with E-state index in [1.165, 1.54) is 7.11 Å². The zero-order valence-electron chi connectivity index (χ0n) is 11.7. The highest BCUT2D eigenvalue weighted by Gasteiger charge is 2.43. The highest BCUT2D eigenvalue weighted by Crippen LogP contribution is 2.61. The first-order chi connectivity index (χ1) is 9.48. The molecule has 0 saturated carbocycles. The van der Waals surface area contributed by atoms with Crippen molar-refractivity contribution in [1.82, 2.24) is 0 Å². The second kappa shape index (κ2) is 7.79. The molecular weight excluding hydrogens is 303 g/mol. The maximum Gasteiger partial charge on any atom is 0.349 e. The van der Waals surface area contributed by atoms with E-state index in [0.29, 0.717) is 10.6 Å². The van der Waals surface area contributed by atoms with Gasteiger partial charge in [-0.2, -0.15) is 0 Å². The van der Waals surface area contributed by atoms with Gasteiger partial charge in [0.05, 0.1) is 20.3 Å². The molecule has 5 nitrogen and oxygen atoms in total. The number of methoxy groups -OCH3 is 1. The second-order valence-corrected chi connectivity index (χ2v) is 6.40. The molecule has 0 fully saturated rings.